The second-order valence-corrected chi connectivity index (χ2v) is 4.77. The highest BCUT2D eigenvalue weighted by Gasteiger charge is 2.16. The summed E-state index contributed by atoms with van der Waals surface area (Å²) >= 11 is 0. The number of aromatic amines is 1. The van der Waals surface area contributed by atoms with Crippen LogP contribution in [0.1, 0.15) is 31.1 Å². The van der Waals surface area contributed by atoms with Crippen LogP contribution in [0.3, 0.4) is 0 Å². The fourth-order valence-electron chi connectivity index (χ4n) is 2.34. The van der Waals surface area contributed by atoms with E-state index in [1.807, 2.05) is 44.2 Å². The van der Waals surface area contributed by atoms with E-state index in [-0.39, 0.29) is 11.7 Å². The van der Waals surface area contributed by atoms with Crippen molar-refractivity contribution in [2.75, 3.05) is 0 Å². The lowest BCUT2D eigenvalue weighted by Gasteiger charge is -2.13. The molecule has 0 radical (unpaired) electrons. The van der Waals surface area contributed by atoms with E-state index in [0.29, 0.717) is 11.3 Å². The zero-order chi connectivity index (χ0) is 14.1. The second-order valence-electron chi connectivity index (χ2n) is 4.77. The highest BCUT2D eigenvalue weighted by Crippen LogP contribution is 2.19. The molecule has 0 bridgehead atoms. The molecule has 2 heterocycles. The van der Waals surface area contributed by atoms with Crippen molar-refractivity contribution in [1.29, 1.82) is 0 Å². The first-order valence-corrected chi connectivity index (χ1v) is 6.71. The Kier molecular flexibility index (Phi) is 3.10. The maximum absolute atomic E-state index is 12.2. The van der Waals surface area contributed by atoms with Gasteiger partial charge >= 0.3 is 5.69 Å². The van der Waals surface area contributed by atoms with Gasteiger partial charge in [-0.25, -0.2) is 14.8 Å². The Balaban J connectivity index is 2.20. The largest absolute Gasteiger partial charge is 0.329 e. The van der Waals surface area contributed by atoms with E-state index in [4.69, 9.17) is 0 Å². The van der Waals surface area contributed by atoms with Gasteiger partial charge in [-0.2, -0.15) is 0 Å². The van der Waals surface area contributed by atoms with Crippen LogP contribution in [0.4, 0.5) is 0 Å². The Morgan fingerprint density at radius 1 is 1.30 bits per heavy atom. The molecule has 5 heteroatoms. The molecule has 1 aromatic carbocycles. The SMILES string of the molecule is CCc1cnc2[nH]c(=O)n([C@H](C)c3ccccc3)c2n1. The first-order valence-electron chi connectivity index (χ1n) is 6.71. The number of hydrogen-bond acceptors (Lipinski definition) is 3. The maximum atomic E-state index is 12.2. The molecule has 0 spiro atoms. The lowest BCUT2D eigenvalue weighted by atomic mass is 10.1. The second kappa shape index (κ2) is 4.92. The van der Waals surface area contributed by atoms with E-state index in [1.54, 1.807) is 10.8 Å². The normalized spacial score (nSPS) is 12.7. The van der Waals surface area contributed by atoms with E-state index in [0.717, 1.165) is 17.7 Å². The van der Waals surface area contributed by atoms with Crippen LogP contribution in [-0.2, 0) is 6.42 Å². The van der Waals surface area contributed by atoms with E-state index < -0.39 is 0 Å². The van der Waals surface area contributed by atoms with Crippen LogP contribution in [0, 0.1) is 0 Å². The van der Waals surface area contributed by atoms with Crippen molar-refractivity contribution < 1.29 is 0 Å². The van der Waals surface area contributed by atoms with Gasteiger partial charge in [0.05, 0.1) is 17.9 Å². The first kappa shape index (κ1) is 12.6. The predicted octanol–water partition coefficient (Wildman–Crippen LogP) is 2.29. The molecule has 0 unspecified atom stereocenters. The number of aromatic nitrogens is 4. The summed E-state index contributed by atoms with van der Waals surface area (Å²) in [6.45, 7) is 4.01. The molecular weight excluding hydrogens is 252 g/mol. The average Bonchev–Trinajstić information content (AvgIpc) is 2.82. The van der Waals surface area contributed by atoms with E-state index >= 15 is 0 Å². The van der Waals surface area contributed by atoms with Gasteiger partial charge in [-0.05, 0) is 18.9 Å². The molecule has 3 rings (SSSR count). The van der Waals surface area contributed by atoms with Gasteiger partial charge in [-0.15, -0.1) is 0 Å². The van der Waals surface area contributed by atoms with Crippen molar-refractivity contribution in [3.8, 4) is 0 Å². The van der Waals surface area contributed by atoms with Crippen molar-refractivity contribution >= 4 is 11.3 Å². The average molecular weight is 268 g/mol. The summed E-state index contributed by atoms with van der Waals surface area (Å²) in [4.78, 5) is 23.7. The minimum atomic E-state index is -0.176. The van der Waals surface area contributed by atoms with E-state index in [2.05, 4.69) is 15.0 Å². The van der Waals surface area contributed by atoms with Gasteiger partial charge < -0.3 is 0 Å². The number of H-pyrrole nitrogens is 1. The van der Waals surface area contributed by atoms with Crippen molar-refractivity contribution in [3.63, 3.8) is 0 Å². The Hall–Kier alpha value is -2.43. The summed E-state index contributed by atoms with van der Waals surface area (Å²) in [5, 5.41) is 0. The summed E-state index contributed by atoms with van der Waals surface area (Å²) < 4.78 is 1.66. The minimum absolute atomic E-state index is 0.0844. The first-order chi connectivity index (χ1) is 9.70. The van der Waals surface area contributed by atoms with E-state index in [1.165, 1.54) is 0 Å². The van der Waals surface area contributed by atoms with Crippen molar-refractivity contribution in [1.82, 2.24) is 19.5 Å². The molecule has 0 aliphatic carbocycles. The molecule has 20 heavy (non-hydrogen) atoms. The van der Waals surface area contributed by atoms with E-state index in [9.17, 15) is 4.79 Å². The van der Waals surface area contributed by atoms with Gasteiger partial charge in [0, 0.05) is 0 Å². The number of imidazole rings is 1. The third-order valence-corrected chi connectivity index (χ3v) is 3.51. The molecule has 0 aliphatic rings. The van der Waals surface area contributed by atoms with Crippen molar-refractivity contribution in [2.24, 2.45) is 0 Å². The number of hydrogen-bond donors (Lipinski definition) is 1. The Morgan fingerprint density at radius 3 is 2.75 bits per heavy atom. The van der Waals surface area contributed by atoms with Crippen LogP contribution in [0.5, 0.6) is 0 Å². The fourth-order valence-corrected chi connectivity index (χ4v) is 2.34. The van der Waals surface area contributed by atoms with Crippen LogP contribution in [0.2, 0.25) is 0 Å². The number of nitrogens with one attached hydrogen (secondary N) is 1. The molecule has 5 nitrogen and oxygen atoms in total. The molecule has 0 saturated heterocycles. The zero-order valence-corrected chi connectivity index (χ0v) is 11.5. The Labute approximate surface area is 116 Å². The standard InChI is InChI=1S/C15H16N4O/c1-3-12-9-16-13-14(17-12)19(15(20)18-13)10(2)11-7-5-4-6-8-11/h4-10H,3H2,1-2H3,(H,16,18,20)/t10-/m1/s1. The molecule has 102 valence electrons. The number of benzene rings is 1. The maximum Gasteiger partial charge on any atom is 0.329 e. The summed E-state index contributed by atoms with van der Waals surface area (Å²) in [6.07, 6.45) is 2.50. The lowest BCUT2D eigenvalue weighted by molar-refractivity contribution is 0.629. The van der Waals surface area contributed by atoms with Crippen LogP contribution in [-0.4, -0.2) is 19.5 Å². The van der Waals surface area contributed by atoms with Gasteiger partial charge in [-0.3, -0.25) is 9.55 Å². The number of nitrogens with zero attached hydrogens (tertiary/aromatic N) is 3. The highest BCUT2D eigenvalue weighted by molar-refractivity contribution is 5.65. The van der Waals surface area contributed by atoms with Crippen molar-refractivity contribution in [3.05, 3.63) is 58.3 Å². The van der Waals surface area contributed by atoms with Crippen LogP contribution in [0.25, 0.3) is 11.3 Å². The molecule has 1 N–H and O–H groups in total. The van der Waals surface area contributed by atoms with Gasteiger partial charge in [0.1, 0.15) is 0 Å². The summed E-state index contributed by atoms with van der Waals surface area (Å²) in [5.41, 5.74) is 2.93. The summed E-state index contributed by atoms with van der Waals surface area (Å²) in [5.74, 6) is 0. The van der Waals surface area contributed by atoms with Crippen LogP contribution < -0.4 is 5.69 Å². The monoisotopic (exact) mass is 268 g/mol. The molecule has 3 aromatic rings. The van der Waals surface area contributed by atoms with Gasteiger partial charge in [0.15, 0.2) is 11.3 Å². The molecule has 2 aromatic heterocycles. The Morgan fingerprint density at radius 2 is 2.05 bits per heavy atom. The molecule has 0 amide bonds. The van der Waals surface area contributed by atoms with Crippen molar-refractivity contribution in [2.45, 2.75) is 26.3 Å². The molecule has 0 fully saturated rings. The number of fused-ring (bicyclic) bond motifs is 1. The quantitative estimate of drug-likeness (QED) is 0.792. The van der Waals surface area contributed by atoms with Gasteiger partial charge in [-0.1, -0.05) is 37.3 Å². The molecule has 0 aliphatic heterocycles. The minimum Gasteiger partial charge on any atom is -0.289 e. The smallest absolute Gasteiger partial charge is 0.289 e. The van der Waals surface area contributed by atoms with Gasteiger partial charge in [0.25, 0.3) is 0 Å². The molecule has 1 atom stereocenters. The van der Waals surface area contributed by atoms with Crippen LogP contribution in [0.15, 0.2) is 41.3 Å². The third-order valence-electron chi connectivity index (χ3n) is 3.51. The molecular formula is C15H16N4O. The highest BCUT2D eigenvalue weighted by atomic mass is 16.1. The number of aryl methyl sites for hydroxylation is 1. The zero-order valence-electron chi connectivity index (χ0n) is 11.5. The number of rotatable bonds is 3. The predicted molar refractivity (Wildman–Crippen MR) is 77.8 cm³/mol. The summed E-state index contributed by atoms with van der Waals surface area (Å²) in [6, 6.07) is 9.83. The van der Waals surface area contributed by atoms with Gasteiger partial charge in [0.2, 0.25) is 0 Å². The van der Waals surface area contributed by atoms with Crippen LogP contribution >= 0.6 is 0 Å². The summed E-state index contributed by atoms with van der Waals surface area (Å²) in [7, 11) is 0. The lowest BCUT2D eigenvalue weighted by Crippen LogP contribution is -2.21. The topological polar surface area (TPSA) is 63.6 Å². The Bertz CT molecular complexity index is 788. The fraction of sp³-hybridized carbons (Fsp3) is 0.267. The molecule has 0 saturated carbocycles. The third kappa shape index (κ3) is 2.01.